The molecule has 0 radical (unpaired) electrons. The number of nitrogen functional groups attached to an aromatic ring is 1. The topological polar surface area (TPSA) is 60.2 Å². The molecule has 102 valence electrons. The number of ether oxygens (including phenoxy) is 1. The molecule has 0 aliphatic carbocycles. The largest absolute Gasteiger partial charge is 0.494 e. The predicted octanol–water partition coefficient (Wildman–Crippen LogP) is 2.86. The van der Waals surface area contributed by atoms with Crippen molar-refractivity contribution in [2.75, 3.05) is 12.5 Å². The first-order valence-corrected chi connectivity index (χ1v) is 5.40. The van der Waals surface area contributed by atoms with Crippen LogP contribution in [0.1, 0.15) is 11.3 Å². The van der Waals surface area contributed by atoms with Crippen molar-refractivity contribution in [3.05, 3.63) is 29.5 Å². The number of aryl methyl sites for hydroxylation is 1. The van der Waals surface area contributed by atoms with Crippen molar-refractivity contribution in [2.24, 2.45) is 5.84 Å². The number of methoxy groups -OCH3 is 1. The molecule has 0 saturated carbocycles. The number of hydrazine groups is 1. The first-order chi connectivity index (χ1) is 8.88. The number of nitrogens with zero attached hydrogens (tertiary/aromatic N) is 1. The molecule has 0 saturated heterocycles. The maximum absolute atomic E-state index is 12.8. The number of pyridine rings is 1. The van der Waals surface area contributed by atoms with Crippen LogP contribution >= 0.6 is 0 Å². The minimum absolute atomic E-state index is 0.130. The van der Waals surface area contributed by atoms with Crippen LogP contribution in [0.3, 0.4) is 0 Å². The smallest absolute Gasteiger partial charge is 0.433 e. The Labute approximate surface area is 107 Å². The average Bonchev–Trinajstić information content (AvgIpc) is 2.37. The maximum Gasteiger partial charge on any atom is 0.433 e. The van der Waals surface area contributed by atoms with Crippen molar-refractivity contribution in [3.8, 4) is 5.75 Å². The van der Waals surface area contributed by atoms with E-state index in [1.165, 1.54) is 7.11 Å². The molecule has 0 amide bonds. The summed E-state index contributed by atoms with van der Waals surface area (Å²) in [5.41, 5.74) is 2.31. The second-order valence-corrected chi connectivity index (χ2v) is 4.01. The van der Waals surface area contributed by atoms with Gasteiger partial charge in [-0.15, -0.1) is 0 Å². The molecule has 0 atom stereocenters. The minimum Gasteiger partial charge on any atom is -0.494 e. The summed E-state index contributed by atoms with van der Waals surface area (Å²) < 4.78 is 43.4. The van der Waals surface area contributed by atoms with Crippen LogP contribution < -0.4 is 16.0 Å². The molecule has 1 aromatic carbocycles. The third-order valence-corrected chi connectivity index (χ3v) is 2.80. The average molecular weight is 271 g/mol. The van der Waals surface area contributed by atoms with Gasteiger partial charge in [-0.05, 0) is 24.6 Å². The number of benzene rings is 1. The lowest BCUT2D eigenvalue weighted by molar-refractivity contribution is -0.140. The van der Waals surface area contributed by atoms with E-state index < -0.39 is 11.9 Å². The summed E-state index contributed by atoms with van der Waals surface area (Å²) >= 11 is 0. The van der Waals surface area contributed by atoms with Gasteiger partial charge in [0.25, 0.3) is 0 Å². The Kier molecular flexibility index (Phi) is 3.23. The van der Waals surface area contributed by atoms with E-state index in [0.717, 1.165) is 11.6 Å². The van der Waals surface area contributed by atoms with Gasteiger partial charge in [0.05, 0.1) is 12.8 Å². The lowest BCUT2D eigenvalue weighted by Crippen LogP contribution is -2.13. The molecule has 2 rings (SSSR count). The van der Waals surface area contributed by atoms with Gasteiger partial charge in [-0.1, -0.05) is 6.07 Å². The van der Waals surface area contributed by atoms with E-state index in [2.05, 4.69) is 10.4 Å². The Balaban J connectivity index is 2.88. The first-order valence-electron chi connectivity index (χ1n) is 5.40. The predicted molar refractivity (Wildman–Crippen MR) is 65.8 cm³/mol. The fourth-order valence-electron chi connectivity index (χ4n) is 1.91. The SMILES string of the molecule is COc1ccc(C)c2c(NN)cc(C(F)(F)F)nc12. The highest BCUT2D eigenvalue weighted by Gasteiger charge is 2.34. The number of halogens is 3. The zero-order valence-corrected chi connectivity index (χ0v) is 10.3. The van der Waals surface area contributed by atoms with Crippen molar-refractivity contribution < 1.29 is 17.9 Å². The molecular weight excluding hydrogens is 259 g/mol. The van der Waals surface area contributed by atoms with Crippen LogP contribution in [0.4, 0.5) is 18.9 Å². The van der Waals surface area contributed by atoms with Gasteiger partial charge in [0.15, 0.2) is 0 Å². The monoisotopic (exact) mass is 271 g/mol. The molecule has 0 bridgehead atoms. The molecule has 4 nitrogen and oxygen atoms in total. The summed E-state index contributed by atoms with van der Waals surface area (Å²) in [5, 5.41) is 0.509. The highest BCUT2D eigenvalue weighted by molar-refractivity contribution is 5.97. The van der Waals surface area contributed by atoms with E-state index in [-0.39, 0.29) is 17.0 Å². The summed E-state index contributed by atoms with van der Waals surface area (Å²) in [7, 11) is 1.38. The number of hydrogen-bond donors (Lipinski definition) is 2. The van der Waals surface area contributed by atoms with E-state index in [1.807, 2.05) is 0 Å². The molecule has 2 aromatic rings. The van der Waals surface area contributed by atoms with E-state index in [9.17, 15) is 13.2 Å². The Morgan fingerprint density at radius 2 is 2.00 bits per heavy atom. The minimum atomic E-state index is -4.55. The number of aromatic nitrogens is 1. The van der Waals surface area contributed by atoms with E-state index >= 15 is 0 Å². The zero-order chi connectivity index (χ0) is 14.2. The van der Waals surface area contributed by atoms with Crippen molar-refractivity contribution in [1.29, 1.82) is 0 Å². The van der Waals surface area contributed by atoms with E-state index in [1.54, 1.807) is 19.1 Å². The highest BCUT2D eigenvalue weighted by atomic mass is 19.4. The van der Waals surface area contributed by atoms with Crippen molar-refractivity contribution >= 4 is 16.6 Å². The van der Waals surface area contributed by atoms with Gasteiger partial charge in [-0.3, -0.25) is 5.84 Å². The summed E-state index contributed by atoms with van der Waals surface area (Å²) in [6.45, 7) is 1.76. The molecule has 0 aliphatic heterocycles. The summed E-state index contributed by atoms with van der Waals surface area (Å²) in [5.74, 6) is 5.57. The number of rotatable bonds is 2. The van der Waals surface area contributed by atoms with Gasteiger partial charge in [0.1, 0.15) is 17.0 Å². The molecule has 7 heteroatoms. The fraction of sp³-hybridized carbons (Fsp3) is 0.250. The quantitative estimate of drug-likeness (QED) is 0.651. The van der Waals surface area contributed by atoms with Gasteiger partial charge >= 0.3 is 6.18 Å². The zero-order valence-electron chi connectivity index (χ0n) is 10.3. The van der Waals surface area contributed by atoms with Crippen LogP contribution in [-0.2, 0) is 6.18 Å². The third kappa shape index (κ3) is 2.28. The summed E-state index contributed by atoms with van der Waals surface area (Å²) in [4.78, 5) is 3.64. The van der Waals surface area contributed by atoms with Crippen LogP contribution in [-0.4, -0.2) is 12.1 Å². The van der Waals surface area contributed by atoms with Crippen LogP contribution in [0.25, 0.3) is 10.9 Å². The Morgan fingerprint density at radius 3 is 2.53 bits per heavy atom. The normalized spacial score (nSPS) is 11.7. The van der Waals surface area contributed by atoms with Crippen molar-refractivity contribution in [3.63, 3.8) is 0 Å². The van der Waals surface area contributed by atoms with Gasteiger partial charge < -0.3 is 10.2 Å². The summed E-state index contributed by atoms with van der Waals surface area (Å²) in [6.07, 6.45) is -4.55. The summed E-state index contributed by atoms with van der Waals surface area (Å²) in [6, 6.07) is 4.19. The first kappa shape index (κ1) is 13.4. The van der Waals surface area contributed by atoms with Gasteiger partial charge in [-0.2, -0.15) is 13.2 Å². The van der Waals surface area contributed by atoms with Crippen molar-refractivity contribution in [2.45, 2.75) is 13.1 Å². The van der Waals surface area contributed by atoms with Crippen molar-refractivity contribution in [1.82, 2.24) is 4.98 Å². The molecule has 1 aromatic heterocycles. The van der Waals surface area contributed by atoms with Crippen LogP contribution in [0.2, 0.25) is 0 Å². The number of hydrogen-bond acceptors (Lipinski definition) is 4. The van der Waals surface area contributed by atoms with Crippen LogP contribution in [0.15, 0.2) is 18.2 Å². The lowest BCUT2D eigenvalue weighted by Gasteiger charge is -2.14. The number of nitrogens with two attached hydrogens (primary N) is 1. The maximum atomic E-state index is 12.8. The molecule has 0 aliphatic rings. The molecule has 19 heavy (non-hydrogen) atoms. The number of fused-ring (bicyclic) bond motifs is 1. The Hall–Kier alpha value is -2.02. The number of anilines is 1. The molecule has 0 spiro atoms. The third-order valence-electron chi connectivity index (χ3n) is 2.80. The van der Waals surface area contributed by atoms with E-state index in [0.29, 0.717) is 5.39 Å². The number of alkyl halides is 3. The molecule has 1 heterocycles. The van der Waals surface area contributed by atoms with E-state index in [4.69, 9.17) is 10.6 Å². The Bertz CT molecular complexity index is 626. The lowest BCUT2D eigenvalue weighted by atomic mass is 10.1. The second-order valence-electron chi connectivity index (χ2n) is 4.01. The fourth-order valence-corrected chi connectivity index (χ4v) is 1.91. The molecular formula is C12H12F3N3O. The second kappa shape index (κ2) is 4.58. The van der Waals surface area contributed by atoms with Gasteiger partial charge in [0.2, 0.25) is 0 Å². The Morgan fingerprint density at radius 1 is 1.32 bits per heavy atom. The van der Waals surface area contributed by atoms with Gasteiger partial charge in [-0.25, -0.2) is 4.98 Å². The van der Waals surface area contributed by atoms with Crippen LogP contribution in [0, 0.1) is 6.92 Å². The number of nitrogens with one attached hydrogen (secondary N) is 1. The molecule has 3 N–H and O–H groups in total. The highest BCUT2D eigenvalue weighted by Crippen LogP contribution is 2.37. The molecule has 0 fully saturated rings. The van der Waals surface area contributed by atoms with Gasteiger partial charge in [0, 0.05) is 5.39 Å². The molecule has 0 unspecified atom stereocenters. The standard InChI is InChI=1S/C12H12F3N3O/c1-6-3-4-8(19-2)11-10(6)7(18-16)5-9(17-11)12(13,14)15/h3-5H,16H2,1-2H3,(H,17,18). The van der Waals surface area contributed by atoms with Crippen LogP contribution in [0.5, 0.6) is 5.75 Å².